The van der Waals surface area contributed by atoms with Gasteiger partial charge in [-0.15, -0.1) is 0 Å². The maximum Gasteiger partial charge on any atom is 0.303 e. The first-order chi connectivity index (χ1) is 6.75. The van der Waals surface area contributed by atoms with Crippen molar-refractivity contribution in [3.05, 3.63) is 30.0 Å². The quantitative estimate of drug-likeness (QED) is 0.772. The maximum atomic E-state index is 10.4. The van der Waals surface area contributed by atoms with Crippen molar-refractivity contribution in [2.75, 3.05) is 0 Å². The lowest BCUT2D eigenvalue weighted by Gasteiger charge is -1.97. The summed E-state index contributed by atoms with van der Waals surface area (Å²) in [6.07, 6.45) is 2.47. The molecule has 0 bridgehead atoms. The molecule has 0 saturated heterocycles. The highest BCUT2D eigenvalue weighted by atomic mass is 16.4. The van der Waals surface area contributed by atoms with Gasteiger partial charge in [0.1, 0.15) is 0 Å². The maximum absolute atomic E-state index is 10.4. The van der Waals surface area contributed by atoms with Crippen molar-refractivity contribution in [1.82, 2.24) is 10.2 Å². The predicted octanol–water partition coefficient (Wildman–Crippen LogP) is 1.58. The lowest BCUT2D eigenvalue weighted by atomic mass is 10.1. The fourth-order valence-electron chi connectivity index (χ4n) is 1.40. The molecule has 2 rings (SSSR count). The molecule has 1 aromatic heterocycles. The minimum Gasteiger partial charge on any atom is -0.481 e. The molecule has 2 aromatic rings. The number of nitrogens with zero attached hydrogens (tertiary/aromatic N) is 1. The van der Waals surface area contributed by atoms with Gasteiger partial charge in [-0.05, 0) is 24.1 Å². The molecule has 0 amide bonds. The lowest BCUT2D eigenvalue weighted by molar-refractivity contribution is -0.136. The van der Waals surface area contributed by atoms with E-state index in [9.17, 15) is 4.79 Å². The van der Waals surface area contributed by atoms with Gasteiger partial charge >= 0.3 is 5.97 Å². The molecule has 0 radical (unpaired) electrons. The average molecular weight is 190 g/mol. The summed E-state index contributed by atoms with van der Waals surface area (Å²) in [5, 5.41) is 16.3. The van der Waals surface area contributed by atoms with E-state index in [0.29, 0.717) is 6.42 Å². The van der Waals surface area contributed by atoms with Crippen LogP contribution in [0.5, 0.6) is 0 Å². The van der Waals surface area contributed by atoms with Crippen molar-refractivity contribution >= 4 is 16.9 Å². The first-order valence-electron chi connectivity index (χ1n) is 4.39. The molecule has 0 fully saturated rings. The topological polar surface area (TPSA) is 66.0 Å². The number of hydrogen-bond donors (Lipinski definition) is 2. The Kier molecular flexibility index (Phi) is 2.18. The average Bonchev–Trinajstić information content (AvgIpc) is 2.61. The lowest BCUT2D eigenvalue weighted by Crippen LogP contribution is -1.96. The number of hydrogen-bond acceptors (Lipinski definition) is 2. The van der Waals surface area contributed by atoms with Gasteiger partial charge in [0.15, 0.2) is 0 Å². The van der Waals surface area contributed by atoms with E-state index < -0.39 is 5.97 Å². The molecule has 0 aliphatic carbocycles. The van der Waals surface area contributed by atoms with E-state index in [1.807, 2.05) is 18.2 Å². The van der Waals surface area contributed by atoms with Crippen LogP contribution in [-0.2, 0) is 11.2 Å². The molecular formula is C10H10N2O2. The van der Waals surface area contributed by atoms with Gasteiger partial charge in [-0.1, -0.05) is 6.07 Å². The summed E-state index contributed by atoms with van der Waals surface area (Å²) in [7, 11) is 0. The first kappa shape index (κ1) is 8.74. The van der Waals surface area contributed by atoms with E-state index in [-0.39, 0.29) is 6.42 Å². The molecular weight excluding hydrogens is 180 g/mol. The number of aromatic amines is 1. The van der Waals surface area contributed by atoms with Gasteiger partial charge in [0.05, 0.1) is 11.7 Å². The third-order valence-corrected chi connectivity index (χ3v) is 2.13. The zero-order chi connectivity index (χ0) is 9.97. The van der Waals surface area contributed by atoms with Gasteiger partial charge in [0.2, 0.25) is 0 Å². The second-order valence-corrected chi connectivity index (χ2v) is 3.19. The molecule has 14 heavy (non-hydrogen) atoms. The number of H-pyrrole nitrogens is 1. The molecule has 1 aromatic carbocycles. The highest BCUT2D eigenvalue weighted by Gasteiger charge is 2.01. The number of carboxylic acids is 1. The molecule has 1 heterocycles. The van der Waals surface area contributed by atoms with Crippen molar-refractivity contribution in [1.29, 1.82) is 0 Å². The van der Waals surface area contributed by atoms with E-state index in [2.05, 4.69) is 10.2 Å². The Morgan fingerprint density at radius 2 is 2.36 bits per heavy atom. The number of nitrogens with one attached hydrogen (secondary N) is 1. The molecule has 0 aliphatic rings. The van der Waals surface area contributed by atoms with Gasteiger partial charge in [0.25, 0.3) is 0 Å². The number of aryl methyl sites for hydroxylation is 1. The molecule has 72 valence electrons. The predicted molar refractivity (Wildman–Crippen MR) is 52.1 cm³/mol. The van der Waals surface area contributed by atoms with E-state index in [1.54, 1.807) is 6.20 Å². The van der Waals surface area contributed by atoms with Crippen LogP contribution in [0.15, 0.2) is 24.4 Å². The first-order valence-corrected chi connectivity index (χ1v) is 4.39. The second kappa shape index (κ2) is 3.49. The van der Waals surface area contributed by atoms with Gasteiger partial charge in [-0.3, -0.25) is 9.89 Å². The van der Waals surface area contributed by atoms with Crippen LogP contribution in [0.2, 0.25) is 0 Å². The van der Waals surface area contributed by atoms with Crippen molar-refractivity contribution in [2.45, 2.75) is 12.8 Å². The Bertz CT molecular complexity index is 462. The van der Waals surface area contributed by atoms with Crippen molar-refractivity contribution in [3.8, 4) is 0 Å². The molecule has 2 N–H and O–H groups in total. The fraction of sp³-hybridized carbons (Fsp3) is 0.200. The molecule has 0 unspecified atom stereocenters. The summed E-state index contributed by atoms with van der Waals surface area (Å²) < 4.78 is 0. The third kappa shape index (κ3) is 1.74. The van der Waals surface area contributed by atoms with Gasteiger partial charge in [0, 0.05) is 11.8 Å². The Morgan fingerprint density at radius 1 is 1.50 bits per heavy atom. The Labute approximate surface area is 80.6 Å². The summed E-state index contributed by atoms with van der Waals surface area (Å²) in [4.78, 5) is 10.4. The van der Waals surface area contributed by atoms with Crippen LogP contribution in [0, 0.1) is 0 Å². The highest BCUT2D eigenvalue weighted by molar-refractivity contribution is 5.78. The monoisotopic (exact) mass is 190 g/mol. The van der Waals surface area contributed by atoms with E-state index in [4.69, 9.17) is 5.11 Å². The summed E-state index contributed by atoms with van der Waals surface area (Å²) in [6.45, 7) is 0. The van der Waals surface area contributed by atoms with E-state index >= 15 is 0 Å². The molecule has 4 nitrogen and oxygen atoms in total. The summed E-state index contributed by atoms with van der Waals surface area (Å²) in [6, 6.07) is 5.80. The summed E-state index contributed by atoms with van der Waals surface area (Å²) in [5.74, 6) is -0.766. The Morgan fingerprint density at radius 3 is 3.14 bits per heavy atom. The SMILES string of the molecule is O=C(O)CCc1ccc2[nH]ncc2c1. The van der Waals surface area contributed by atoms with Crippen LogP contribution in [0.25, 0.3) is 10.9 Å². The van der Waals surface area contributed by atoms with Crippen molar-refractivity contribution in [2.24, 2.45) is 0 Å². The molecule has 0 saturated carbocycles. The van der Waals surface area contributed by atoms with E-state index in [1.165, 1.54) is 0 Å². The second-order valence-electron chi connectivity index (χ2n) is 3.19. The number of fused-ring (bicyclic) bond motifs is 1. The van der Waals surface area contributed by atoms with Crippen LogP contribution in [0.1, 0.15) is 12.0 Å². The van der Waals surface area contributed by atoms with Crippen molar-refractivity contribution in [3.63, 3.8) is 0 Å². The number of aromatic nitrogens is 2. The number of carboxylic acid groups (broad SMARTS) is 1. The van der Waals surface area contributed by atoms with Gasteiger partial charge < -0.3 is 5.11 Å². The zero-order valence-electron chi connectivity index (χ0n) is 7.53. The van der Waals surface area contributed by atoms with Crippen molar-refractivity contribution < 1.29 is 9.90 Å². The van der Waals surface area contributed by atoms with E-state index in [0.717, 1.165) is 16.5 Å². The smallest absolute Gasteiger partial charge is 0.303 e. The summed E-state index contributed by atoms with van der Waals surface area (Å²) >= 11 is 0. The molecule has 0 spiro atoms. The minimum atomic E-state index is -0.766. The minimum absolute atomic E-state index is 0.170. The standard InChI is InChI=1S/C10H10N2O2/c13-10(14)4-2-7-1-3-9-8(5-7)6-11-12-9/h1,3,5-6H,2,4H2,(H,11,12)(H,13,14). The number of aliphatic carboxylic acids is 1. The largest absolute Gasteiger partial charge is 0.481 e. The number of rotatable bonds is 3. The summed E-state index contributed by atoms with van der Waals surface area (Å²) in [5.41, 5.74) is 2.00. The zero-order valence-corrected chi connectivity index (χ0v) is 7.53. The van der Waals surface area contributed by atoms with Gasteiger partial charge in [-0.25, -0.2) is 0 Å². The Hall–Kier alpha value is -1.84. The van der Waals surface area contributed by atoms with Crippen LogP contribution < -0.4 is 0 Å². The normalized spacial score (nSPS) is 10.6. The number of benzene rings is 1. The highest BCUT2D eigenvalue weighted by Crippen LogP contribution is 2.13. The van der Waals surface area contributed by atoms with Crippen LogP contribution >= 0.6 is 0 Å². The molecule has 0 atom stereocenters. The molecule has 4 heteroatoms. The Balaban J connectivity index is 2.21. The van der Waals surface area contributed by atoms with Gasteiger partial charge in [-0.2, -0.15) is 5.10 Å². The third-order valence-electron chi connectivity index (χ3n) is 2.13. The van der Waals surface area contributed by atoms with Crippen LogP contribution in [0.3, 0.4) is 0 Å². The molecule has 0 aliphatic heterocycles. The van der Waals surface area contributed by atoms with Crippen LogP contribution in [0.4, 0.5) is 0 Å². The number of carbonyl (C=O) groups is 1. The fourth-order valence-corrected chi connectivity index (χ4v) is 1.40. The van der Waals surface area contributed by atoms with Crippen LogP contribution in [-0.4, -0.2) is 21.3 Å².